The van der Waals surface area contributed by atoms with Crippen LogP contribution in [0.1, 0.15) is 73.1 Å². The van der Waals surface area contributed by atoms with Crippen molar-refractivity contribution in [1.29, 1.82) is 0 Å². The molecule has 1 fully saturated rings. The van der Waals surface area contributed by atoms with Gasteiger partial charge in [0.05, 0.1) is 25.2 Å². The van der Waals surface area contributed by atoms with Gasteiger partial charge in [0.2, 0.25) is 0 Å². The minimum absolute atomic E-state index is 0.00426. The number of allylic oxidation sites excluding steroid dienone is 1. The van der Waals surface area contributed by atoms with Gasteiger partial charge in [-0.2, -0.15) is 0 Å². The number of methoxy groups -OCH3 is 1. The number of nitrogens with two attached hydrogens (primary N) is 1. The summed E-state index contributed by atoms with van der Waals surface area (Å²) in [6, 6.07) is 0. The normalized spacial score (nSPS) is 27.2. The largest absolute Gasteiger partial charge is 0.444 e. The number of ether oxygens (including phenoxy) is 3. The van der Waals surface area contributed by atoms with Gasteiger partial charge in [0.25, 0.3) is 0 Å². The molecule has 1 saturated heterocycles. The fourth-order valence-corrected chi connectivity index (χ4v) is 3.72. The maximum absolute atomic E-state index is 13.1. The fraction of sp³-hybridized carbons (Fsp3) is 0.826. The zero-order valence-electron chi connectivity index (χ0n) is 19.7. The monoisotopic (exact) mass is 426 g/mol. The van der Waals surface area contributed by atoms with Crippen LogP contribution < -0.4 is 11.1 Å². The van der Waals surface area contributed by atoms with E-state index in [4.69, 9.17) is 19.9 Å². The number of unbranched alkanes of at least 4 members (excludes halogenated alkanes) is 5. The molecule has 30 heavy (non-hydrogen) atoms. The SMILES string of the molecule is CCCCCCCC=CC1(N)OCC(C)C(OC)C1C(=O)CNC(=O)OC(C)(C)C. The second-order valence-electron chi connectivity index (χ2n) is 9.25. The van der Waals surface area contributed by atoms with Gasteiger partial charge < -0.3 is 19.5 Å². The zero-order chi connectivity index (χ0) is 22.8. The Kier molecular flexibility index (Phi) is 11.0. The molecule has 0 aliphatic carbocycles. The maximum atomic E-state index is 13.1. The molecule has 0 aromatic rings. The van der Waals surface area contributed by atoms with Gasteiger partial charge in [-0.15, -0.1) is 0 Å². The van der Waals surface area contributed by atoms with E-state index in [-0.39, 0.29) is 18.2 Å². The molecule has 0 radical (unpaired) electrons. The lowest BCUT2D eigenvalue weighted by Crippen LogP contribution is -2.63. The molecule has 3 N–H and O–H groups in total. The fourth-order valence-electron chi connectivity index (χ4n) is 3.72. The summed E-state index contributed by atoms with van der Waals surface area (Å²) in [4.78, 5) is 25.0. The summed E-state index contributed by atoms with van der Waals surface area (Å²) < 4.78 is 16.8. The van der Waals surface area contributed by atoms with Crippen molar-refractivity contribution in [3.8, 4) is 0 Å². The van der Waals surface area contributed by atoms with Crippen molar-refractivity contribution in [2.75, 3.05) is 20.3 Å². The lowest BCUT2D eigenvalue weighted by molar-refractivity contribution is -0.179. The van der Waals surface area contributed by atoms with Crippen molar-refractivity contribution in [2.45, 2.75) is 90.6 Å². The molecule has 7 heteroatoms. The van der Waals surface area contributed by atoms with Gasteiger partial charge >= 0.3 is 6.09 Å². The Labute approximate surface area is 182 Å². The Balaban J connectivity index is 2.80. The van der Waals surface area contributed by atoms with E-state index >= 15 is 0 Å². The van der Waals surface area contributed by atoms with Crippen molar-refractivity contribution in [2.24, 2.45) is 17.6 Å². The van der Waals surface area contributed by atoms with Crippen LogP contribution >= 0.6 is 0 Å². The predicted molar refractivity (Wildman–Crippen MR) is 118 cm³/mol. The molecule has 0 aromatic carbocycles. The summed E-state index contributed by atoms with van der Waals surface area (Å²) in [5.74, 6) is -0.962. The molecule has 1 aliphatic heterocycles. The Bertz CT molecular complexity index is 572. The first kappa shape index (κ1) is 26.6. The van der Waals surface area contributed by atoms with E-state index in [1.165, 1.54) is 25.7 Å². The first-order valence-corrected chi connectivity index (χ1v) is 11.2. The molecule has 174 valence electrons. The second-order valence-corrected chi connectivity index (χ2v) is 9.25. The highest BCUT2D eigenvalue weighted by atomic mass is 16.6. The van der Waals surface area contributed by atoms with Crippen molar-refractivity contribution in [3.63, 3.8) is 0 Å². The average Bonchev–Trinajstić information content (AvgIpc) is 2.66. The summed E-state index contributed by atoms with van der Waals surface area (Å²) in [6.07, 6.45) is 9.59. The molecule has 1 aliphatic rings. The van der Waals surface area contributed by atoms with Crippen LogP contribution in [0, 0.1) is 11.8 Å². The van der Waals surface area contributed by atoms with E-state index < -0.39 is 29.4 Å². The zero-order valence-corrected chi connectivity index (χ0v) is 19.7. The van der Waals surface area contributed by atoms with Crippen LogP contribution in [0.5, 0.6) is 0 Å². The third-order valence-electron chi connectivity index (χ3n) is 5.25. The summed E-state index contributed by atoms with van der Waals surface area (Å²) >= 11 is 0. The molecule has 0 aromatic heterocycles. The number of hydrogen-bond donors (Lipinski definition) is 2. The summed E-state index contributed by atoms with van der Waals surface area (Å²) in [5, 5.41) is 2.53. The average molecular weight is 427 g/mol. The van der Waals surface area contributed by atoms with Crippen molar-refractivity contribution < 1.29 is 23.8 Å². The lowest BCUT2D eigenvalue weighted by Gasteiger charge is -2.45. The molecule has 4 atom stereocenters. The van der Waals surface area contributed by atoms with E-state index in [1.54, 1.807) is 34.0 Å². The van der Waals surface area contributed by atoms with Gasteiger partial charge in [-0.05, 0) is 39.7 Å². The highest BCUT2D eigenvalue weighted by Gasteiger charge is 2.49. The van der Waals surface area contributed by atoms with Gasteiger partial charge in [0, 0.05) is 13.0 Å². The van der Waals surface area contributed by atoms with Crippen LogP contribution in [0.4, 0.5) is 4.79 Å². The Morgan fingerprint density at radius 2 is 1.90 bits per heavy atom. The number of amides is 1. The minimum atomic E-state index is -1.26. The quantitative estimate of drug-likeness (QED) is 0.383. The number of Topliss-reactive ketones (excluding diaryl/α,β-unsaturated/α-hetero) is 1. The maximum Gasteiger partial charge on any atom is 0.408 e. The van der Waals surface area contributed by atoms with Crippen LogP contribution in [0.3, 0.4) is 0 Å². The summed E-state index contributed by atoms with van der Waals surface area (Å²) in [7, 11) is 1.58. The predicted octanol–water partition coefficient (Wildman–Crippen LogP) is 3.95. The standard InChI is InChI=1S/C23H42N2O5/c1-7-8-9-10-11-12-13-14-23(24)19(20(28-6)17(2)16-29-23)18(26)15-25-21(27)30-22(3,4)5/h13-14,17,19-20H,7-12,15-16,24H2,1-6H3,(H,25,27). The van der Waals surface area contributed by atoms with Crippen molar-refractivity contribution in [3.05, 3.63) is 12.2 Å². The summed E-state index contributed by atoms with van der Waals surface area (Å²) in [5.41, 5.74) is 4.65. The molecule has 1 amide bonds. The second kappa shape index (κ2) is 12.4. The molecule has 1 heterocycles. The van der Waals surface area contributed by atoms with Gasteiger partial charge in [0.1, 0.15) is 11.3 Å². The number of rotatable bonds is 11. The third kappa shape index (κ3) is 8.74. The van der Waals surface area contributed by atoms with E-state index in [0.29, 0.717) is 6.61 Å². The summed E-state index contributed by atoms with van der Waals surface area (Å²) in [6.45, 7) is 9.67. The molecule has 0 saturated carbocycles. The van der Waals surface area contributed by atoms with E-state index in [0.717, 1.165) is 12.8 Å². The molecule has 0 spiro atoms. The highest BCUT2D eigenvalue weighted by Crippen LogP contribution is 2.34. The molecule has 7 nitrogen and oxygen atoms in total. The number of carbonyl (C=O) groups is 2. The highest BCUT2D eigenvalue weighted by molar-refractivity contribution is 5.87. The van der Waals surface area contributed by atoms with Crippen LogP contribution in [-0.2, 0) is 19.0 Å². The van der Waals surface area contributed by atoms with Gasteiger partial charge in [-0.1, -0.05) is 45.6 Å². The Hall–Kier alpha value is -1.44. The number of ketones is 1. The van der Waals surface area contributed by atoms with Gasteiger partial charge in [-0.25, -0.2) is 4.79 Å². The smallest absolute Gasteiger partial charge is 0.408 e. The number of carbonyl (C=O) groups excluding carboxylic acids is 2. The topological polar surface area (TPSA) is 99.9 Å². The van der Waals surface area contributed by atoms with Crippen LogP contribution in [-0.4, -0.2) is 49.6 Å². The molecule has 4 unspecified atom stereocenters. The van der Waals surface area contributed by atoms with E-state index in [9.17, 15) is 9.59 Å². The third-order valence-corrected chi connectivity index (χ3v) is 5.25. The lowest BCUT2D eigenvalue weighted by atomic mass is 9.78. The van der Waals surface area contributed by atoms with Gasteiger partial charge in [-0.3, -0.25) is 10.5 Å². The molecule has 1 rings (SSSR count). The van der Waals surface area contributed by atoms with Crippen LogP contribution in [0.15, 0.2) is 12.2 Å². The van der Waals surface area contributed by atoms with E-state index in [2.05, 4.69) is 12.2 Å². The first-order valence-electron chi connectivity index (χ1n) is 11.2. The molecular weight excluding hydrogens is 384 g/mol. The van der Waals surface area contributed by atoms with Gasteiger partial charge in [0.15, 0.2) is 5.78 Å². The van der Waals surface area contributed by atoms with Crippen LogP contribution in [0.25, 0.3) is 0 Å². The number of nitrogens with one attached hydrogen (secondary N) is 1. The minimum Gasteiger partial charge on any atom is -0.444 e. The Morgan fingerprint density at radius 3 is 2.50 bits per heavy atom. The number of hydrogen-bond acceptors (Lipinski definition) is 6. The molecular formula is C23H42N2O5. The molecule has 0 bridgehead atoms. The first-order chi connectivity index (χ1) is 14.0. The van der Waals surface area contributed by atoms with Crippen molar-refractivity contribution in [1.82, 2.24) is 5.32 Å². The van der Waals surface area contributed by atoms with Crippen molar-refractivity contribution >= 4 is 11.9 Å². The Morgan fingerprint density at radius 1 is 1.23 bits per heavy atom. The van der Waals surface area contributed by atoms with E-state index in [1.807, 2.05) is 13.0 Å². The number of alkyl carbamates (subject to hydrolysis) is 1. The van der Waals surface area contributed by atoms with Crippen LogP contribution in [0.2, 0.25) is 0 Å².